The second kappa shape index (κ2) is 6.29. The Balaban J connectivity index is 1.62. The molecule has 0 atom stereocenters. The van der Waals surface area contributed by atoms with Crippen molar-refractivity contribution < 1.29 is 4.79 Å². The van der Waals surface area contributed by atoms with Crippen molar-refractivity contribution in [3.8, 4) is 0 Å². The van der Waals surface area contributed by atoms with Crippen LogP contribution in [0.3, 0.4) is 0 Å². The number of nitrogens with two attached hydrogens (primary N) is 1. The van der Waals surface area contributed by atoms with Crippen LogP contribution in [0, 0.1) is 6.92 Å². The van der Waals surface area contributed by atoms with Gasteiger partial charge in [-0.25, -0.2) is 0 Å². The monoisotopic (exact) mass is 301 g/mol. The minimum Gasteiger partial charge on any atom is -0.368 e. The number of hydrogen-bond acceptors (Lipinski definition) is 3. The van der Waals surface area contributed by atoms with Gasteiger partial charge in [0.15, 0.2) is 0 Å². The van der Waals surface area contributed by atoms with Crippen LogP contribution in [0.1, 0.15) is 37.7 Å². The molecule has 4 nitrogen and oxygen atoms in total. The summed E-state index contributed by atoms with van der Waals surface area (Å²) in [5.41, 5.74) is 8.39. The molecule has 2 N–H and O–H groups in total. The van der Waals surface area contributed by atoms with Gasteiger partial charge in [0.25, 0.3) is 0 Å². The first kappa shape index (κ1) is 15.3. The van der Waals surface area contributed by atoms with E-state index in [0.29, 0.717) is 0 Å². The Labute approximate surface area is 133 Å². The molecule has 120 valence electrons. The Kier molecular flexibility index (Phi) is 4.39. The molecule has 4 heteroatoms. The van der Waals surface area contributed by atoms with Gasteiger partial charge < -0.3 is 15.5 Å². The van der Waals surface area contributed by atoms with E-state index in [0.717, 1.165) is 51.9 Å². The Morgan fingerprint density at radius 2 is 1.68 bits per heavy atom. The SMILES string of the molecule is Cc1ccccc1N1CCN(C(=O)C2(N)CCCCC2)CC1. The lowest BCUT2D eigenvalue weighted by molar-refractivity contribution is -0.138. The fourth-order valence-electron chi connectivity index (χ4n) is 3.78. The maximum atomic E-state index is 12.8. The molecular weight excluding hydrogens is 274 g/mol. The van der Waals surface area contributed by atoms with Crippen molar-refractivity contribution in [1.82, 2.24) is 4.90 Å². The van der Waals surface area contributed by atoms with Crippen LogP contribution < -0.4 is 10.6 Å². The fourth-order valence-corrected chi connectivity index (χ4v) is 3.78. The average Bonchev–Trinajstić information content (AvgIpc) is 2.55. The van der Waals surface area contributed by atoms with E-state index < -0.39 is 5.54 Å². The summed E-state index contributed by atoms with van der Waals surface area (Å²) >= 11 is 0. The van der Waals surface area contributed by atoms with Crippen LogP contribution in [-0.2, 0) is 4.79 Å². The van der Waals surface area contributed by atoms with Crippen molar-refractivity contribution in [3.05, 3.63) is 29.8 Å². The lowest BCUT2D eigenvalue weighted by atomic mass is 9.81. The molecule has 1 amide bonds. The largest absolute Gasteiger partial charge is 0.368 e. The Bertz CT molecular complexity index is 529. The molecule has 22 heavy (non-hydrogen) atoms. The molecule has 2 fully saturated rings. The normalized spacial score (nSPS) is 21.7. The molecule has 0 bridgehead atoms. The van der Waals surface area contributed by atoms with Crippen molar-refractivity contribution >= 4 is 11.6 Å². The highest BCUT2D eigenvalue weighted by Gasteiger charge is 2.39. The van der Waals surface area contributed by atoms with Crippen LogP contribution in [0.4, 0.5) is 5.69 Å². The minimum atomic E-state index is -0.594. The van der Waals surface area contributed by atoms with E-state index in [9.17, 15) is 4.79 Å². The summed E-state index contributed by atoms with van der Waals surface area (Å²) in [6.07, 6.45) is 5.10. The third-order valence-electron chi connectivity index (χ3n) is 5.19. The Hall–Kier alpha value is -1.55. The Morgan fingerprint density at radius 3 is 2.32 bits per heavy atom. The van der Waals surface area contributed by atoms with Gasteiger partial charge in [0.05, 0.1) is 5.54 Å². The van der Waals surface area contributed by atoms with Crippen LogP contribution in [0.15, 0.2) is 24.3 Å². The molecule has 0 aromatic heterocycles. The summed E-state index contributed by atoms with van der Waals surface area (Å²) in [4.78, 5) is 17.1. The van der Waals surface area contributed by atoms with Gasteiger partial charge in [-0.2, -0.15) is 0 Å². The van der Waals surface area contributed by atoms with E-state index in [1.165, 1.54) is 17.7 Å². The smallest absolute Gasteiger partial charge is 0.242 e. The van der Waals surface area contributed by atoms with Gasteiger partial charge in [-0.05, 0) is 31.4 Å². The van der Waals surface area contributed by atoms with E-state index in [1.807, 2.05) is 4.90 Å². The summed E-state index contributed by atoms with van der Waals surface area (Å²) in [7, 11) is 0. The van der Waals surface area contributed by atoms with Crippen LogP contribution in [-0.4, -0.2) is 42.5 Å². The second-order valence-electron chi connectivity index (χ2n) is 6.78. The molecule has 1 heterocycles. The number of rotatable bonds is 2. The molecule has 1 aliphatic heterocycles. The van der Waals surface area contributed by atoms with Gasteiger partial charge in [-0.15, -0.1) is 0 Å². The lowest BCUT2D eigenvalue weighted by Gasteiger charge is -2.42. The maximum absolute atomic E-state index is 12.8. The summed E-state index contributed by atoms with van der Waals surface area (Å²) in [6, 6.07) is 8.46. The summed E-state index contributed by atoms with van der Waals surface area (Å²) in [5, 5.41) is 0. The van der Waals surface area contributed by atoms with Gasteiger partial charge >= 0.3 is 0 Å². The minimum absolute atomic E-state index is 0.177. The molecule has 1 aromatic carbocycles. The quantitative estimate of drug-likeness (QED) is 0.912. The third-order valence-corrected chi connectivity index (χ3v) is 5.19. The van der Waals surface area contributed by atoms with Gasteiger partial charge in [0.1, 0.15) is 0 Å². The average molecular weight is 301 g/mol. The molecule has 1 aliphatic carbocycles. The molecule has 0 spiro atoms. The number of benzene rings is 1. The van der Waals surface area contributed by atoms with Crippen molar-refractivity contribution in [1.29, 1.82) is 0 Å². The highest BCUT2D eigenvalue weighted by molar-refractivity contribution is 5.86. The first-order valence-electron chi connectivity index (χ1n) is 8.49. The van der Waals surface area contributed by atoms with Gasteiger partial charge in [-0.3, -0.25) is 4.79 Å². The maximum Gasteiger partial charge on any atom is 0.242 e. The highest BCUT2D eigenvalue weighted by Crippen LogP contribution is 2.28. The number of anilines is 1. The molecule has 1 aromatic rings. The molecule has 3 rings (SSSR count). The van der Waals surface area contributed by atoms with E-state index in [-0.39, 0.29) is 5.91 Å². The Morgan fingerprint density at radius 1 is 1.05 bits per heavy atom. The first-order valence-corrected chi connectivity index (χ1v) is 8.49. The fraction of sp³-hybridized carbons (Fsp3) is 0.611. The van der Waals surface area contributed by atoms with Crippen LogP contribution in [0.25, 0.3) is 0 Å². The third kappa shape index (κ3) is 2.98. The van der Waals surface area contributed by atoms with Crippen molar-refractivity contribution in [2.45, 2.75) is 44.6 Å². The number of piperazine rings is 1. The van der Waals surface area contributed by atoms with E-state index in [4.69, 9.17) is 5.73 Å². The van der Waals surface area contributed by atoms with Gasteiger partial charge in [-0.1, -0.05) is 37.5 Å². The first-order chi connectivity index (χ1) is 10.6. The van der Waals surface area contributed by atoms with Crippen LogP contribution in [0.5, 0.6) is 0 Å². The zero-order valence-electron chi connectivity index (χ0n) is 13.6. The standard InChI is InChI=1S/C18H27N3O/c1-15-7-3-4-8-16(15)20-11-13-21(14-12-20)17(22)18(19)9-5-2-6-10-18/h3-4,7-8H,2,5-6,9-14,19H2,1H3. The van der Waals surface area contributed by atoms with Gasteiger partial charge in [0, 0.05) is 31.9 Å². The topological polar surface area (TPSA) is 49.6 Å². The zero-order valence-corrected chi connectivity index (χ0v) is 13.6. The van der Waals surface area contributed by atoms with E-state index >= 15 is 0 Å². The number of carbonyl (C=O) groups excluding carboxylic acids is 1. The second-order valence-corrected chi connectivity index (χ2v) is 6.78. The van der Waals surface area contributed by atoms with Crippen molar-refractivity contribution in [2.75, 3.05) is 31.1 Å². The summed E-state index contributed by atoms with van der Waals surface area (Å²) in [6.45, 7) is 5.50. The number of nitrogens with zero attached hydrogens (tertiary/aromatic N) is 2. The highest BCUT2D eigenvalue weighted by atomic mass is 16.2. The van der Waals surface area contributed by atoms with Crippen LogP contribution >= 0.6 is 0 Å². The van der Waals surface area contributed by atoms with Gasteiger partial charge in [0.2, 0.25) is 5.91 Å². The summed E-state index contributed by atoms with van der Waals surface area (Å²) in [5.74, 6) is 0.177. The number of para-hydroxylation sites is 1. The van der Waals surface area contributed by atoms with Crippen molar-refractivity contribution in [3.63, 3.8) is 0 Å². The number of carbonyl (C=O) groups is 1. The summed E-state index contributed by atoms with van der Waals surface area (Å²) < 4.78 is 0. The van der Waals surface area contributed by atoms with Crippen LogP contribution in [0.2, 0.25) is 0 Å². The predicted octanol–water partition coefficient (Wildman–Crippen LogP) is 2.31. The molecule has 1 saturated heterocycles. The van der Waals surface area contributed by atoms with Crippen molar-refractivity contribution in [2.24, 2.45) is 5.73 Å². The zero-order chi connectivity index (χ0) is 15.6. The number of hydrogen-bond donors (Lipinski definition) is 1. The molecule has 0 unspecified atom stereocenters. The number of aryl methyl sites for hydroxylation is 1. The molecular formula is C18H27N3O. The van der Waals surface area contributed by atoms with E-state index in [1.54, 1.807) is 0 Å². The predicted molar refractivity (Wildman–Crippen MR) is 90.0 cm³/mol. The lowest BCUT2D eigenvalue weighted by Crippen LogP contribution is -2.60. The molecule has 2 aliphatic rings. The van der Waals surface area contributed by atoms with E-state index in [2.05, 4.69) is 36.1 Å². The molecule has 1 saturated carbocycles. The number of amides is 1. The molecule has 0 radical (unpaired) electrons.